The molecule has 0 aliphatic carbocycles. The van der Waals surface area contributed by atoms with E-state index in [-0.39, 0.29) is 0 Å². The van der Waals surface area contributed by atoms with E-state index in [2.05, 4.69) is 51.7 Å². The van der Waals surface area contributed by atoms with Gasteiger partial charge in [-0.15, -0.1) is 10.2 Å². The summed E-state index contributed by atoms with van der Waals surface area (Å²) in [7, 11) is 0. The van der Waals surface area contributed by atoms with Crippen LogP contribution < -0.4 is 14.8 Å². The zero-order chi connectivity index (χ0) is 24.2. The van der Waals surface area contributed by atoms with Gasteiger partial charge in [0.15, 0.2) is 18.5 Å². The van der Waals surface area contributed by atoms with Crippen LogP contribution in [0.25, 0.3) is 11.3 Å². The largest absolute Gasteiger partial charge is 0.482 e. The van der Waals surface area contributed by atoms with Crippen LogP contribution in [0.5, 0.6) is 11.6 Å². The summed E-state index contributed by atoms with van der Waals surface area (Å²) in [5, 5.41) is 21.5. The van der Waals surface area contributed by atoms with Gasteiger partial charge in [-0.25, -0.2) is 4.79 Å². The summed E-state index contributed by atoms with van der Waals surface area (Å²) in [4.78, 5) is 15.4. The number of hydrogen-bond acceptors (Lipinski definition) is 8. The first-order valence-electron chi connectivity index (χ1n) is 11.0. The Morgan fingerprint density at radius 2 is 1.83 bits per heavy atom. The van der Waals surface area contributed by atoms with E-state index in [4.69, 9.17) is 14.6 Å². The molecule has 2 heterocycles. The third kappa shape index (κ3) is 5.36. The molecule has 0 saturated carbocycles. The maximum absolute atomic E-state index is 10.8. The molecule has 5 rings (SSSR count). The van der Waals surface area contributed by atoms with Gasteiger partial charge < -0.3 is 19.9 Å². The van der Waals surface area contributed by atoms with Gasteiger partial charge in [0.2, 0.25) is 11.0 Å². The van der Waals surface area contributed by atoms with Crippen molar-refractivity contribution in [1.82, 2.24) is 15.2 Å². The van der Waals surface area contributed by atoms with Crippen molar-refractivity contribution in [3.63, 3.8) is 0 Å². The number of aromatic nitrogens is 3. The Balaban J connectivity index is 1.41. The van der Waals surface area contributed by atoms with E-state index in [0.717, 1.165) is 22.6 Å². The molecule has 176 valence electrons. The molecule has 1 aliphatic heterocycles. The topological polar surface area (TPSA) is 106 Å². The van der Waals surface area contributed by atoms with E-state index in [1.54, 1.807) is 12.1 Å². The molecule has 0 amide bonds. The monoisotopic (exact) mass is 486 g/mol. The van der Waals surface area contributed by atoms with E-state index in [0.29, 0.717) is 22.5 Å². The van der Waals surface area contributed by atoms with Crippen LogP contribution in [0.1, 0.15) is 22.9 Å². The van der Waals surface area contributed by atoms with Crippen LogP contribution in [-0.2, 0) is 10.5 Å². The Labute approximate surface area is 206 Å². The summed E-state index contributed by atoms with van der Waals surface area (Å²) >= 11 is 1.50. The average molecular weight is 487 g/mol. The maximum atomic E-state index is 10.8. The molecule has 1 atom stereocenters. The predicted octanol–water partition coefficient (Wildman–Crippen LogP) is 5.11. The number of fused-ring (bicyclic) bond motifs is 3. The van der Waals surface area contributed by atoms with Gasteiger partial charge >= 0.3 is 5.97 Å². The Bertz CT molecular complexity index is 1350. The van der Waals surface area contributed by atoms with Crippen molar-refractivity contribution < 1.29 is 19.4 Å². The van der Waals surface area contributed by atoms with Crippen molar-refractivity contribution in [2.24, 2.45) is 0 Å². The molecule has 1 unspecified atom stereocenters. The number of aryl methyl sites for hydroxylation is 1. The zero-order valence-electron chi connectivity index (χ0n) is 18.8. The maximum Gasteiger partial charge on any atom is 0.341 e. The quantitative estimate of drug-likeness (QED) is 0.345. The number of anilines is 1. The summed E-state index contributed by atoms with van der Waals surface area (Å²) < 4.78 is 11.5. The minimum Gasteiger partial charge on any atom is -0.482 e. The lowest BCUT2D eigenvalue weighted by atomic mass is 10.1. The molecule has 4 aromatic rings. The summed E-state index contributed by atoms with van der Waals surface area (Å²) in [5.41, 5.74) is 5.48. The van der Waals surface area contributed by atoms with Gasteiger partial charge in [0, 0.05) is 22.6 Å². The van der Waals surface area contributed by atoms with E-state index in [9.17, 15) is 4.79 Å². The lowest BCUT2D eigenvalue weighted by Crippen LogP contribution is -2.17. The molecule has 0 saturated heterocycles. The Morgan fingerprint density at radius 3 is 2.60 bits per heavy atom. The molecule has 9 heteroatoms. The molecule has 2 N–H and O–H groups in total. The molecular formula is C26H22N4O4S. The van der Waals surface area contributed by atoms with Crippen molar-refractivity contribution in [3.05, 3.63) is 89.5 Å². The molecule has 0 fully saturated rings. The van der Waals surface area contributed by atoms with Crippen LogP contribution in [0, 0.1) is 6.92 Å². The van der Waals surface area contributed by atoms with Crippen molar-refractivity contribution in [1.29, 1.82) is 0 Å². The molecule has 1 aliphatic rings. The third-order valence-electron chi connectivity index (χ3n) is 5.37. The van der Waals surface area contributed by atoms with Crippen molar-refractivity contribution in [2.75, 3.05) is 11.9 Å². The van der Waals surface area contributed by atoms with Gasteiger partial charge in [-0.2, -0.15) is 4.98 Å². The van der Waals surface area contributed by atoms with Gasteiger partial charge in [-0.3, -0.25) is 0 Å². The fourth-order valence-electron chi connectivity index (χ4n) is 3.58. The summed E-state index contributed by atoms with van der Waals surface area (Å²) in [6.07, 6.45) is -0.544. The summed E-state index contributed by atoms with van der Waals surface area (Å²) in [6.45, 7) is 1.66. The standard InChI is InChI=1S/C26H22N4O4S/c1-16-6-8-17(9-7-16)15-35-26-28-25-23(29-30-26)20-4-2-3-5-21(20)27-24(34-25)18-10-12-19(13-11-18)33-14-22(31)32/h2-13,24,27H,14-15H2,1H3,(H,31,32). The molecule has 35 heavy (non-hydrogen) atoms. The number of rotatable bonds is 7. The van der Waals surface area contributed by atoms with Crippen LogP contribution in [0.2, 0.25) is 0 Å². The van der Waals surface area contributed by atoms with Gasteiger partial charge in [-0.1, -0.05) is 59.8 Å². The number of ether oxygens (including phenoxy) is 2. The number of para-hydroxylation sites is 1. The lowest BCUT2D eigenvalue weighted by molar-refractivity contribution is -0.139. The minimum absolute atomic E-state index is 0.389. The Kier molecular flexibility index (Phi) is 6.49. The van der Waals surface area contributed by atoms with Crippen molar-refractivity contribution in [3.8, 4) is 22.9 Å². The molecule has 1 aromatic heterocycles. The fourth-order valence-corrected chi connectivity index (χ4v) is 4.31. The lowest BCUT2D eigenvalue weighted by Gasteiger charge is -2.19. The third-order valence-corrected chi connectivity index (χ3v) is 6.28. The highest BCUT2D eigenvalue weighted by atomic mass is 32.2. The number of nitrogens with one attached hydrogen (secondary N) is 1. The smallest absolute Gasteiger partial charge is 0.341 e. The Hall–Kier alpha value is -4.11. The first-order chi connectivity index (χ1) is 17.0. The van der Waals surface area contributed by atoms with Crippen molar-refractivity contribution >= 4 is 23.4 Å². The second-order valence-electron chi connectivity index (χ2n) is 7.96. The second kappa shape index (κ2) is 10.0. The van der Waals surface area contributed by atoms with E-state index < -0.39 is 18.8 Å². The number of carboxylic acid groups (broad SMARTS) is 1. The van der Waals surface area contributed by atoms with Gasteiger partial charge in [0.1, 0.15) is 5.75 Å². The number of carbonyl (C=O) groups is 1. The first-order valence-corrected chi connectivity index (χ1v) is 11.9. The minimum atomic E-state index is -1.03. The van der Waals surface area contributed by atoms with Crippen LogP contribution in [0.4, 0.5) is 5.69 Å². The van der Waals surface area contributed by atoms with Gasteiger partial charge in [0.25, 0.3) is 0 Å². The number of aliphatic carboxylic acids is 1. The molecule has 8 nitrogen and oxygen atoms in total. The highest BCUT2D eigenvalue weighted by Gasteiger charge is 2.26. The molecule has 0 spiro atoms. The number of nitrogens with zero attached hydrogens (tertiary/aromatic N) is 3. The van der Waals surface area contributed by atoms with Crippen molar-refractivity contribution in [2.45, 2.75) is 24.1 Å². The molecule has 0 radical (unpaired) electrons. The zero-order valence-corrected chi connectivity index (χ0v) is 19.7. The number of benzene rings is 3. The van der Waals surface area contributed by atoms with E-state index in [1.165, 1.54) is 22.9 Å². The summed E-state index contributed by atoms with van der Waals surface area (Å²) in [5.74, 6) is 0.542. The van der Waals surface area contributed by atoms with Crippen LogP contribution in [0.3, 0.4) is 0 Å². The van der Waals surface area contributed by atoms with Gasteiger partial charge in [-0.05, 0) is 42.8 Å². The normalized spacial score (nSPS) is 14.0. The molecule has 0 bridgehead atoms. The summed E-state index contributed by atoms with van der Waals surface area (Å²) in [6, 6.07) is 23.2. The first kappa shape index (κ1) is 22.7. The highest BCUT2D eigenvalue weighted by molar-refractivity contribution is 7.98. The number of carboxylic acids is 1. The predicted molar refractivity (Wildman–Crippen MR) is 133 cm³/mol. The van der Waals surface area contributed by atoms with E-state index in [1.807, 2.05) is 36.4 Å². The van der Waals surface area contributed by atoms with Crippen LogP contribution in [0.15, 0.2) is 78.0 Å². The average Bonchev–Trinajstić information content (AvgIpc) is 3.04. The second-order valence-corrected chi connectivity index (χ2v) is 8.90. The SMILES string of the molecule is Cc1ccc(CSc2nnc3c(n2)OC(c2ccc(OCC(=O)O)cc2)Nc2ccccc2-3)cc1. The van der Waals surface area contributed by atoms with E-state index >= 15 is 0 Å². The fraction of sp³-hybridized carbons (Fsp3) is 0.154. The molecular weight excluding hydrogens is 464 g/mol. The number of thioether (sulfide) groups is 1. The number of hydrogen-bond donors (Lipinski definition) is 2. The van der Waals surface area contributed by atoms with Crippen LogP contribution >= 0.6 is 11.8 Å². The van der Waals surface area contributed by atoms with Crippen LogP contribution in [-0.4, -0.2) is 32.9 Å². The highest BCUT2D eigenvalue weighted by Crippen LogP contribution is 2.39. The molecule has 3 aromatic carbocycles. The van der Waals surface area contributed by atoms with Gasteiger partial charge in [0.05, 0.1) is 0 Å². The Morgan fingerprint density at radius 1 is 1.06 bits per heavy atom.